The molecule has 0 saturated heterocycles. The lowest BCUT2D eigenvalue weighted by Crippen LogP contribution is -2.29. The van der Waals surface area contributed by atoms with Crippen LogP contribution in [0.3, 0.4) is 0 Å². The van der Waals surface area contributed by atoms with E-state index in [1.165, 1.54) is 4.90 Å². The average molecular weight is 215 g/mol. The second-order valence-corrected chi connectivity index (χ2v) is 3.83. The van der Waals surface area contributed by atoms with Gasteiger partial charge in [0.25, 0.3) is 11.7 Å². The molecule has 1 amide bonds. The minimum absolute atomic E-state index is 0.400. The van der Waals surface area contributed by atoms with E-state index in [2.05, 4.69) is 0 Å². The van der Waals surface area contributed by atoms with Crippen molar-refractivity contribution >= 4 is 17.4 Å². The smallest absolute Gasteiger partial charge is 0.299 e. The molecule has 0 unspecified atom stereocenters. The zero-order valence-electron chi connectivity index (χ0n) is 9.36. The number of rotatable bonds is 2. The molecule has 82 valence electrons. The van der Waals surface area contributed by atoms with Crippen LogP contribution in [0.25, 0.3) is 0 Å². The van der Waals surface area contributed by atoms with E-state index < -0.39 is 11.7 Å². The molecule has 0 radical (unpaired) electrons. The molecule has 1 aromatic carbocycles. The fourth-order valence-electron chi connectivity index (χ4n) is 1.81. The number of ketones is 1. The molecule has 1 aromatic rings. The van der Waals surface area contributed by atoms with Crippen LogP contribution in [0.5, 0.6) is 0 Å². The van der Waals surface area contributed by atoms with E-state index in [4.69, 9.17) is 0 Å². The van der Waals surface area contributed by atoms with Gasteiger partial charge in [-0.15, -0.1) is 0 Å². The number of hydrogen-bond donors (Lipinski definition) is 0. The first-order valence-corrected chi connectivity index (χ1v) is 5.23. The van der Waals surface area contributed by atoms with Crippen molar-refractivity contribution in [2.75, 3.05) is 11.4 Å². The zero-order valence-corrected chi connectivity index (χ0v) is 9.36. The van der Waals surface area contributed by atoms with E-state index >= 15 is 0 Å². The van der Waals surface area contributed by atoms with Crippen molar-refractivity contribution in [2.45, 2.75) is 13.8 Å². The van der Waals surface area contributed by atoms with E-state index in [1.54, 1.807) is 6.07 Å². The number of aryl methyl sites for hydroxylation is 1. The molecule has 0 spiro atoms. The first kappa shape index (κ1) is 10.6. The van der Waals surface area contributed by atoms with Gasteiger partial charge in [-0.2, -0.15) is 0 Å². The molecule has 0 saturated carbocycles. The summed E-state index contributed by atoms with van der Waals surface area (Å²) in [6.45, 7) is 4.25. The molecule has 0 N–H and O–H groups in total. The Morgan fingerprint density at radius 2 is 2.06 bits per heavy atom. The summed E-state index contributed by atoms with van der Waals surface area (Å²) in [5, 5.41) is 0. The molecule has 1 aliphatic heterocycles. The first-order valence-electron chi connectivity index (χ1n) is 5.23. The third kappa shape index (κ3) is 1.54. The molecule has 0 fully saturated rings. The fourth-order valence-corrected chi connectivity index (χ4v) is 1.81. The molecule has 0 atom stereocenters. The van der Waals surface area contributed by atoms with Crippen LogP contribution in [-0.2, 0) is 4.79 Å². The number of allylic oxidation sites excluding steroid dienone is 1. The number of fused-ring (bicyclic) bond motifs is 1. The van der Waals surface area contributed by atoms with Crippen LogP contribution in [0, 0.1) is 6.92 Å². The van der Waals surface area contributed by atoms with Crippen LogP contribution in [0.1, 0.15) is 22.8 Å². The second kappa shape index (κ2) is 3.93. The second-order valence-electron chi connectivity index (χ2n) is 3.83. The van der Waals surface area contributed by atoms with E-state index in [0.29, 0.717) is 12.1 Å². The van der Waals surface area contributed by atoms with Crippen LogP contribution < -0.4 is 4.90 Å². The molecule has 1 aliphatic rings. The Balaban J connectivity index is 2.45. The molecule has 1 heterocycles. The highest BCUT2D eigenvalue weighted by molar-refractivity contribution is 6.52. The standard InChI is InChI=1S/C13H13NO2/c1-3-4-7-14-11-6-5-9(2)8-10(11)12(15)13(14)16/h3-6,8H,7H2,1-2H3/b4-3+. The van der Waals surface area contributed by atoms with Crippen LogP contribution in [0.2, 0.25) is 0 Å². The third-order valence-electron chi connectivity index (χ3n) is 2.65. The summed E-state index contributed by atoms with van der Waals surface area (Å²) >= 11 is 0. The molecule has 3 heteroatoms. The van der Waals surface area contributed by atoms with Crippen molar-refractivity contribution < 1.29 is 9.59 Å². The number of anilines is 1. The molecule has 0 aliphatic carbocycles. The normalized spacial score (nSPS) is 15.0. The Labute approximate surface area is 94.4 Å². The minimum Gasteiger partial charge on any atom is -0.301 e. The van der Waals surface area contributed by atoms with Crippen LogP contribution in [-0.4, -0.2) is 18.2 Å². The van der Waals surface area contributed by atoms with Gasteiger partial charge in [-0.1, -0.05) is 23.8 Å². The summed E-state index contributed by atoms with van der Waals surface area (Å²) in [7, 11) is 0. The predicted molar refractivity (Wildman–Crippen MR) is 62.7 cm³/mol. The Morgan fingerprint density at radius 1 is 1.31 bits per heavy atom. The van der Waals surface area contributed by atoms with Crippen molar-refractivity contribution in [2.24, 2.45) is 0 Å². The monoisotopic (exact) mass is 215 g/mol. The van der Waals surface area contributed by atoms with Gasteiger partial charge >= 0.3 is 0 Å². The van der Waals surface area contributed by atoms with E-state index in [-0.39, 0.29) is 0 Å². The van der Waals surface area contributed by atoms with Crippen molar-refractivity contribution in [1.82, 2.24) is 0 Å². The van der Waals surface area contributed by atoms with Crippen molar-refractivity contribution in [3.8, 4) is 0 Å². The largest absolute Gasteiger partial charge is 0.301 e. The Hall–Kier alpha value is -1.90. The molecular formula is C13H13NO2. The van der Waals surface area contributed by atoms with Gasteiger partial charge in [0.2, 0.25) is 0 Å². The lowest BCUT2D eigenvalue weighted by Gasteiger charge is -2.13. The summed E-state index contributed by atoms with van der Waals surface area (Å²) in [4.78, 5) is 24.9. The highest BCUT2D eigenvalue weighted by Crippen LogP contribution is 2.29. The van der Waals surface area contributed by atoms with Gasteiger partial charge in [0.1, 0.15) is 0 Å². The van der Waals surface area contributed by atoms with Gasteiger partial charge in [-0.25, -0.2) is 0 Å². The molecule has 2 rings (SSSR count). The fraction of sp³-hybridized carbons (Fsp3) is 0.231. The zero-order chi connectivity index (χ0) is 11.7. The van der Waals surface area contributed by atoms with Gasteiger partial charge in [-0.05, 0) is 26.0 Å². The minimum atomic E-state index is -0.432. The van der Waals surface area contributed by atoms with Gasteiger partial charge < -0.3 is 4.90 Å². The lowest BCUT2D eigenvalue weighted by molar-refractivity contribution is -0.114. The maximum atomic E-state index is 11.7. The topological polar surface area (TPSA) is 37.4 Å². The summed E-state index contributed by atoms with van der Waals surface area (Å²) in [5.74, 6) is -0.832. The first-order chi connectivity index (χ1) is 7.65. The number of amides is 1. The van der Waals surface area contributed by atoms with Crippen LogP contribution >= 0.6 is 0 Å². The van der Waals surface area contributed by atoms with E-state index in [9.17, 15) is 9.59 Å². The maximum absolute atomic E-state index is 11.7. The Kier molecular flexibility index (Phi) is 2.60. The van der Waals surface area contributed by atoms with Gasteiger partial charge in [0.15, 0.2) is 0 Å². The molecular weight excluding hydrogens is 202 g/mol. The molecule has 0 bridgehead atoms. The van der Waals surface area contributed by atoms with Crippen molar-refractivity contribution in [1.29, 1.82) is 0 Å². The Bertz CT molecular complexity index is 489. The Morgan fingerprint density at radius 3 is 2.75 bits per heavy atom. The maximum Gasteiger partial charge on any atom is 0.299 e. The number of nitrogens with zero attached hydrogens (tertiary/aromatic N) is 1. The summed E-state index contributed by atoms with van der Waals surface area (Å²) in [6.07, 6.45) is 3.73. The van der Waals surface area contributed by atoms with Gasteiger partial charge in [0, 0.05) is 6.54 Å². The highest BCUT2D eigenvalue weighted by Gasteiger charge is 2.34. The van der Waals surface area contributed by atoms with E-state index in [1.807, 2.05) is 38.1 Å². The summed E-state index contributed by atoms with van der Waals surface area (Å²) < 4.78 is 0. The lowest BCUT2D eigenvalue weighted by atomic mass is 10.1. The predicted octanol–water partition coefficient (Wildman–Crippen LogP) is 2.10. The quantitative estimate of drug-likeness (QED) is 0.559. The average Bonchev–Trinajstić information content (AvgIpc) is 2.50. The van der Waals surface area contributed by atoms with E-state index in [0.717, 1.165) is 11.3 Å². The number of Topliss-reactive ketones (excluding diaryl/α,β-unsaturated/α-hetero) is 1. The SMILES string of the molecule is C/C=C/CN1C(=O)C(=O)c2cc(C)ccc21. The number of carbonyl (C=O) groups is 2. The van der Waals surface area contributed by atoms with Gasteiger partial charge in [0.05, 0.1) is 11.3 Å². The van der Waals surface area contributed by atoms with Crippen molar-refractivity contribution in [3.63, 3.8) is 0 Å². The number of benzene rings is 1. The third-order valence-corrected chi connectivity index (χ3v) is 2.65. The number of hydrogen-bond acceptors (Lipinski definition) is 2. The van der Waals surface area contributed by atoms with Crippen LogP contribution in [0.15, 0.2) is 30.4 Å². The number of carbonyl (C=O) groups excluding carboxylic acids is 2. The summed E-state index contributed by atoms with van der Waals surface area (Å²) in [5.41, 5.74) is 2.24. The van der Waals surface area contributed by atoms with Gasteiger partial charge in [-0.3, -0.25) is 9.59 Å². The van der Waals surface area contributed by atoms with Crippen molar-refractivity contribution in [3.05, 3.63) is 41.5 Å². The molecule has 0 aromatic heterocycles. The molecule has 3 nitrogen and oxygen atoms in total. The van der Waals surface area contributed by atoms with Crippen LogP contribution in [0.4, 0.5) is 5.69 Å². The highest BCUT2D eigenvalue weighted by atomic mass is 16.2. The molecule has 16 heavy (non-hydrogen) atoms. The summed E-state index contributed by atoms with van der Waals surface area (Å²) in [6, 6.07) is 5.51.